The van der Waals surface area contributed by atoms with Crippen molar-refractivity contribution >= 4 is 0 Å². The molecule has 0 amide bonds. The zero-order valence-corrected chi connectivity index (χ0v) is 10.8. The van der Waals surface area contributed by atoms with Crippen LogP contribution in [0.5, 0.6) is 0 Å². The Morgan fingerprint density at radius 3 is 2.55 bits per heavy atom. The highest BCUT2D eigenvalue weighted by atomic mass is 19.2. The Balaban J connectivity index is 2.04. The third kappa shape index (κ3) is 2.48. The number of rotatable bonds is 2. The maximum absolute atomic E-state index is 13.3. The first-order valence-electron chi connectivity index (χ1n) is 6.70. The lowest BCUT2D eigenvalue weighted by Crippen LogP contribution is -2.12. The summed E-state index contributed by atoms with van der Waals surface area (Å²) in [5.74, 6) is -1.28. The molecule has 1 aromatic carbocycles. The third-order valence-corrected chi connectivity index (χ3v) is 3.73. The Kier molecular flexibility index (Phi) is 3.34. The van der Waals surface area contributed by atoms with E-state index in [-0.39, 0.29) is 5.56 Å². The SMILES string of the molecule is O=c1cc(C2CCCC2)nc(-c2ccc(F)c(F)c2)[nH]1. The second-order valence-corrected chi connectivity index (χ2v) is 5.13. The molecule has 2 aromatic rings. The van der Waals surface area contributed by atoms with Gasteiger partial charge in [-0.15, -0.1) is 0 Å². The number of benzene rings is 1. The monoisotopic (exact) mass is 276 g/mol. The van der Waals surface area contributed by atoms with Crippen molar-refractivity contribution in [3.63, 3.8) is 0 Å². The topological polar surface area (TPSA) is 45.8 Å². The van der Waals surface area contributed by atoms with Crippen molar-refractivity contribution in [2.75, 3.05) is 0 Å². The maximum Gasteiger partial charge on any atom is 0.251 e. The average Bonchev–Trinajstić information content (AvgIpc) is 2.95. The minimum Gasteiger partial charge on any atom is -0.307 e. The summed E-state index contributed by atoms with van der Waals surface area (Å²) in [6.07, 6.45) is 4.32. The number of H-pyrrole nitrogens is 1. The van der Waals surface area contributed by atoms with Gasteiger partial charge in [0.05, 0.1) is 5.69 Å². The summed E-state index contributed by atoms with van der Waals surface area (Å²) < 4.78 is 26.2. The lowest BCUT2D eigenvalue weighted by Gasteiger charge is -2.10. The van der Waals surface area contributed by atoms with Crippen LogP contribution < -0.4 is 5.56 Å². The molecule has 1 fully saturated rings. The Bertz CT molecular complexity index is 691. The Hall–Kier alpha value is -2.04. The molecule has 1 N–H and O–H groups in total. The molecule has 1 saturated carbocycles. The molecule has 3 nitrogen and oxygen atoms in total. The molecular weight excluding hydrogens is 262 g/mol. The van der Waals surface area contributed by atoms with E-state index < -0.39 is 11.6 Å². The molecule has 0 spiro atoms. The van der Waals surface area contributed by atoms with Gasteiger partial charge < -0.3 is 4.98 Å². The molecule has 0 saturated heterocycles. The van der Waals surface area contributed by atoms with Crippen molar-refractivity contribution in [3.05, 3.63) is 51.9 Å². The minimum absolute atomic E-state index is 0.262. The number of hydrogen-bond acceptors (Lipinski definition) is 2. The molecule has 1 aromatic heterocycles. The van der Waals surface area contributed by atoms with Crippen LogP contribution in [0.3, 0.4) is 0 Å². The van der Waals surface area contributed by atoms with Crippen LogP contribution in [0.25, 0.3) is 11.4 Å². The molecular formula is C15H14F2N2O. The average molecular weight is 276 g/mol. The van der Waals surface area contributed by atoms with Gasteiger partial charge in [-0.25, -0.2) is 13.8 Å². The molecule has 0 atom stereocenters. The number of aromatic amines is 1. The van der Waals surface area contributed by atoms with Gasteiger partial charge >= 0.3 is 0 Å². The molecule has 5 heteroatoms. The summed E-state index contributed by atoms with van der Waals surface area (Å²) in [6, 6.07) is 4.99. The highest BCUT2D eigenvalue weighted by molar-refractivity contribution is 5.54. The molecule has 0 radical (unpaired) electrons. The predicted octanol–water partition coefficient (Wildman–Crippen LogP) is 3.37. The zero-order valence-electron chi connectivity index (χ0n) is 10.8. The number of nitrogens with one attached hydrogen (secondary N) is 1. The summed E-state index contributed by atoms with van der Waals surface area (Å²) in [5.41, 5.74) is 0.855. The first-order valence-corrected chi connectivity index (χ1v) is 6.70. The first-order chi connectivity index (χ1) is 9.63. The highest BCUT2D eigenvalue weighted by Crippen LogP contribution is 2.33. The van der Waals surface area contributed by atoms with Crippen LogP contribution in [0.2, 0.25) is 0 Å². The number of halogens is 2. The summed E-state index contributed by atoms with van der Waals surface area (Å²) in [4.78, 5) is 18.7. The van der Waals surface area contributed by atoms with Gasteiger partial charge in [-0.3, -0.25) is 4.79 Å². The third-order valence-electron chi connectivity index (χ3n) is 3.73. The summed E-state index contributed by atoms with van der Waals surface area (Å²) in [6.45, 7) is 0. The van der Waals surface area contributed by atoms with Crippen LogP contribution in [-0.4, -0.2) is 9.97 Å². The molecule has 104 valence electrons. The summed E-state index contributed by atoms with van der Waals surface area (Å²) in [7, 11) is 0. The van der Waals surface area contributed by atoms with E-state index in [0.717, 1.165) is 43.5 Å². The van der Waals surface area contributed by atoms with Gasteiger partial charge in [-0.2, -0.15) is 0 Å². The van der Waals surface area contributed by atoms with E-state index in [1.54, 1.807) is 0 Å². The second-order valence-electron chi connectivity index (χ2n) is 5.13. The second kappa shape index (κ2) is 5.15. The van der Waals surface area contributed by atoms with Crippen molar-refractivity contribution in [3.8, 4) is 11.4 Å². The molecule has 20 heavy (non-hydrogen) atoms. The fourth-order valence-corrected chi connectivity index (χ4v) is 2.69. The van der Waals surface area contributed by atoms with Crippen molar-refractivity contribution in [1.29, 1.82) is 0 Å². The standard InChI is InChI=1S/C15H14F2N2O/c16-11-6-5-10(7-12(11)17)15-18-13(8-14(20)19-15)9-3-1-2-4-9/h5-9H,1-4H2,(H,18,19,20). The van der Waals surface area contributed by atoms with E-state index in [1.807, 2.05) is 0 Å². The van der Waals surface area contributed by atoms with Gasteiger partial charge in [0.25, 0.3) is 5.56 Å². The number of aromatic nitrogens is 2. The van der Waals surface area contributed by atoms with E-state index in [9.17, 15) is 13.6 Å². The smallest absolute Gasteiger partial charge is 0.251 e. The van der Waals surface area contributed by atoms with Crippen LogP contribution >= 0.6 is 0 Å². The summed E-state index contributed by atoms with van der Waals surface area (Å²) >= 11 is 0. The van der Waals surface area contributed by atoms with Gasteiger partial charge in [0.2, 0.25) is 0 Å². The Labute approximate surface area is 114 Å². The maximum atomic E-state index is 13.3. The molecule has 1 aliphatic carbocycles. The van der Waals surface area contributed by atoms with Gasteiger partial charge in [0.15, 0.2) is 11.6 Å². The van der Waals surface area contributed by atoms with Crippen LogP contribution in [-0.2, 0) is 0 Å². The van der Waals surface area contributed by atoms with Crippen molar-refractivity contribution in [2.24, 2.45) is 0 Å². The molecule has 1 aliphatic rings. The van der Waals surface area contributed by atoms with Gasteiger partial charge in [-0.1, -0.05) is 12.8 Å². The predicted molar refractivity (Wildman–Crippen MR) is 71.4 cm³/mol. The van der Waals surface area contributed by atoms with Crippen molar-refractivity contribution in [2.45, 2.75) is 31.6 Å². The van der Waals surface area contributed by atoms with Crippen molar-refractivity contribution in [1.82, 2.24) is 9.97 Å². The minimum atomic E-state index is -0.948. The van der Waals surface area contributed by atoms with Gasteiger partial charge in [0.1, 0.15) is 5.82 Å². The van der Waals surface area contributed by atoms with Crippen LogP contribution in [0, 0.1) is 11.6 Å². The molecule has 0 bridgehead atoms. The van der Waals surface area contributed by atoms with E-state index in [1.165, 1.54) is 12.1 Å². The Morgan fingerprint density at radius 2 is 1.85 bits per heavy atom. The lowest BCUT2D eigenvalue weighted by atomic mass is 10.0. The van der Waals surface area contributed by atoms with E-state index in [0.29, 0.717) is 17.3 Å². The normalized spacial score (nSPS) is 15.7. The first kappa shape index (κ1) is 13.0. The fourth-order valence-electron chi connectivity index (χ4n) is 2.69. The van der Waals surface area contributed by atoms with Crippen molar-refractivity contribution < 1.29 is 8.78 Å². The lowest BCUT2D eigenvalue weighted by molar-refractivity contribution is 0.509. The van der Waals surface area contributed by atoms with Crippen LogP contribution in [0.1, 0.15) is 37.3 Å². The Morgan fingerprint density at radius 1 is 1.10 bits per heavy atom. The fraction of sp³-hybridized carbons (Fsp3) is 0.333. The van der Waals surface area contributed by atoms with E-state index in [4.69, 9.17) is 0 Å². The largest absolute Gasteiger partial charge is 0.307 e. The summed E-state index contributed by atoms with van der Waals surface area (Å²) in [5, 5.41) is 0. The molecule has 0 unspecified atom stereocenters. The highest BCUT2D eigenvalue weighted by Gasteiger charge is 2.19. The van der Waals surface area contributed by atoms with E-state index >= 15 is 0 Å². The number of nitrogens with zero attached hydrogens (tertiary/aromatic N) is 1. The van der Waals surface area contributed by atoms with Crippen LogP contribution in [0.4, 0.5) is 8.78 Å². The zero-order chi connectivity index (χ0) is 14.1. The molecule has 0 aliphatic heterocycles. The number of hydrogen-bond donors (Lipinski definition) is 1. The molecule has 1 heterocycles. The van der Waals surface area contributed by atoms with Gasteiger partial charge in [-0.05, 0) is 31.0 Å². The quantitative estimate of drug-likeness (QED) is 0.914. The van der Waals surface area contributed by atoms with Crippen LogP contribution in [0.15, 0.2) is 29.1 Å². The van der Waals surface area contributed by atoms with Gasteiger partial charge in [0, 0.05) is 17.5 Å². The van der Waals surface area contributed by atoms with E-state index in [2.05, 4.69) is 9.97 Å². The molecule has 3 rings (SSSR count).